The van der Waals surface area contributed by atoms with E-state index in [9.17, 15) is 19.8 Å². The molecule has 0 saturated carbocycles. The normalized spacial score (nSPS) is 15.8. The molecule has 8 rings (SSSR count). The Labute approximate surface area is 354 Å². The third-order valence-electron chi connectivity index (χ3n) is 12.1. The summed E-state index contributed by atoms with van der Waals surface area (Å²) in [6.07, 6.45) is 11.5. The van der Waals surface area contributed by atoms with Crippen molar-refractivity contribution in [1.29, 1.82) is 0 Å². The summed E-state index contributed by atoms with van der Waals surface area (Å²) in [6.45, 7) is 10.8. The number of carbonyl (C=O) groups is 2. The topological polar surface area (TPSA) is 124 Å². The maximum Gasteiger partial charge on any atom is 0.336 e. The Morgan fingerprint density at radius 3 is 1.42 bits per heavy atom. The molecule has 8 nitrogen and oxygen atoms in total. The number of aromatic nitrogens is 2. The molecule has 0 fully saturated rings. The molecule has 6 aromatic rings. The Kier molecular flexibility index (Phi) is 13.6. The Morgan fingerprint density at radius 1 is 0.600 bits per heavy atom. The van der Waals surface area contributed by atoms with E-state index in [0.717, 1.165) is 49.9 Å². The summed E-state index contributed by atoms with van der Waals surface area (Å²) in [4.78, 5) is 31.2. The number of hydrogen-bond acceptors (Lipinski definition) is 6. The van der Waals surface area contributed by atoms with Gasteiger partial charge in [-0.15, -0.1) is 0 Å². The summed E-state index contributed by atoms with van der Waals surface area (Å²) in [7, 11) is 0. The number of aromatic carboxylic acids is 2. The van der Waals surface area contributed by atoms with Gasteiger partial charge in [-0.3, -0.25) is 9.97 Å². The van der Waals surface area contributed by atoms with Crippen LogP contribution in [0.2, 0.25) is 0 Å². The molecule has 0 bridgehead atoms. The first-order chi connectivity index (χ1) is 29.1. The van der Waals surface area contributed by atoms with Gasteiger partial charge < -0.3 is 20.8 Å². The van der Waals surface area contributed by atoms with E-state index in [0.29, 0.717) is 35.8 Å². The minimum Gasteiger partial charge on any atom is -0.478 e. The molecule has 4 heterocycles. The van der Waals surface area contributed by atoms with E-state index in [1.165, 1.54) is 68.0 Å². The van der Waals surface area contributed by atoms with Crippen molar-refractivity contribution in [3.05, 3.63) is 177 Å². The third-order valence-corrected chi connectivity index (χ3v) is 12.1. The summed E-state index contributed by atoms with van der Waals surface area (Å²) in [6, 6.07) is 34.6. The zero-order valence-electron chi connectivity index (χ0n) is 35.1. The summed E-state index contributed by atoms with van der Waals surface area (Å²) in [5.74, 6) is -0.820. The summed E-state index contributed by atoms with van der Waals surface area (Å²) >= 11 is 0. The van der Waals surface area contributed by atoms with Crippen molar-refractivity contribution in [1.82, 2.24) is 20.6 Å². The largest absolute Gasteiger partial charge is 0.478 e. The maximum absolute atomic E-state index is 11.5. The molecule has 0 spiro atoms. The van der Waals surface area contributed by atoms with Gasteiger partial charge in [0.1, 0.15) is 0 Å². The molecule has 60 heavy (non-hydrogen) atoms. The highest BCUT2D eigenvalue weighted by Gasteiger charge is 2.23. The van der Waals surface area contributed by atoms with Crippen LogP contribution in [0.1, 0.15) is 130 Å². The first-order valence-corrected chi connectivity index (χ1v) is 21.3. The number of nitrogens with one attached hydrogen (secondary N) is 2. The van der Waals surface area contributed by atoms with Gasteiger partial charge >= 0.3 is 11.9 Å². The van der Waals surface area contributed by atoms with E-state index in [4.69, 9.17) is 0 Å². The van der Waals surface area contributed by atoms with Gasteiger partial charge in [0.2, 0.25) is 0 Å². The van der Waals surface area contributed by atoms with Crippen LogP contribution in [0, 0.1) is 0 Å². The van der Waals surface area contributed by atoms with Crippen LogP contribution in [0.25, 0.3) is 22.3 Å². The highest BCUT2D eigenvalue weighted by molar-refractivity contribution is 5.89. The number of fused-ring (bicyclic) bond motifs is 2. The Morgan fingerprint density at radius 2 is 1.02 bits per heavy atom. The molecule has 4 aromatic carbocycles. The van der Waals surface area contributed by atoms with Crippen LogP contribution in [-0.4, -0.2) is 45.2 Å². The van der Waals surface area contributed by atoms with Crippen molar-refractivity contribution in [2.75, 3.05) is 13.1 Å². The highest BCUT2D eigenvalue weighted by Crippen LogP contribution is 2.36. The van der Waals surface area contributed by atoms with Gasteiger partial charge in [-0.25, -0.2) is 9.59 Å². The number of benzene rings is 4. The quantitative estimate of drug-likeness (QED) is 0.0964. The molecule has 2 aromatic heterocycles. The minimum atomic E-state index is -0.891. The molecule has 308 valence electrons. The van der Waals surface area contributed by atoms with E-state index in [1.807, 2.05) is 0 Å². The molecule has 8 heteroatoms. The smallest absolute Gasteiger partial charge is 0.336 e. The molecular weight excluding hydrogens is 745 g/mol. The van der Waals surface area contributed by atoms with Gasteiger partial charge in [0.15, 0.2) is 0 Å². The van der Waals surface area contributed by atoms with Gasteiger partial charge in [-0.1, -0.05) is 113 Å². The van der Waals surface area contributed by atoms with Gasteiger partial charge in [0.25, 0.3) is 0 Å². The minimum absolute atomic E-state index is 0.227. The molecule has 0 radical (unpaired) electrons. The standard InChI is InChI=1S/2C26H28N2O2/c2*1-17(2)21-5-3-4-6-22(21)18-7-9-23-19(15-18)11-14-28-25(23)10-8-20-16-27-13-12-24(20)26(29)30/h2*3-7,9,12-13,15-17,25,28H,8,10-11,14H2,1-2H3,(H,29,30)/t2*25-/m10/s1. The SMILES string of the molecule is CC(C)c1ccccc1-c1ccc2c(c1)CCN[C@@H]2CCc1cnccc1C(=O)O.CC(C)c1ccccc1-c1ccc2c(c1)CCN[C@H]2CCc1cnccc1C(=O)O. The molecular formula is C52H56N4O4. The second kappa shape index (κ2) is 19.4. The second-order valence-electron chi connectivity index (χ2n) is 16.6. The lowest BCUT2D eigenvalue weighted by molar-refractivity contribution is 0.0684. The van der Waals surface area contributed by atoms with Crippen molar-refractivity contribution >= 4 is 11.9 Å². The van der Waals surface area contributed by atoms with Crippen LogP contribution >= 0.6 is 0 Å². The zero-order chi connectivity index (χ0) is 42.2. The van der Waals surface area contributed by atoms with Crippen molar-refractivity contribution in [2.45, 2.75) is 90.1 Å². The Bertz CT molecular complexity index is 2290. The number of nitrogens with zero attached hydrogens (tertiary/aromatic N) is 2. The van der Waals surface area contributed by atoms with Crippen molar-refractivity contribution in [2.24, 2.45) is 0 Å². The van der Waals surface area contributed by atoms with Crippen LogP contribution < -0.4 is 10.6 Å². The first-order valence-electron chi connectivity index (χ1n) is 21.3. The van der Waals surface area contributed by atoms with Crippen LogP contribution in [0.4, 0.5) is 0 Å². The molecule has 0 unspecified atom stereocenters. The van der Waals surface area contributed by atoms with E-state index >= 15 is 0 Å². The summed E-state index contributed by atoms with van der Waals surface area (Å²) in [5.41, 5.74) is 15.6. The van der Waals surface area contributed by atoms with Crippen molar-refractivity contribution in [3.63, 3.8) is 0 Å². The monoisotopic (exact) mass is 800 g/mol. The molecule has 0 aliphatic carbocycles. The highest BCUT2D eigenvalue weighted by atomic mass is 16.4. The Balaban J connectivity index is 0.000000181. The first kappa shape index (κ1) is 42.2. The average Bonchev–Trinajstić information content (AvgIpc) is 3.27. The van der Waals surface area contributed by atoms with Crippen LogP contribution in [0.15, 0.2) is 122 Å². The Hall–Kier alpha value is -5.96. The molecule has 2 atom stereocenters. The lowest BCUT2D eigenvalue weighted by Gasteiger charge is -2.28. The van der Waals surface area contributed by atoms with E-state index < -0.39 is 11.9 Å². The fraction of sp³-hybridized carbons (Fsp3) is 0.308. The maximum atomic E-state index is 11.5. The van der Waals surface area contributed by atoms with Crippen molar-refractivity contribution in [3.8, 4) is 22.3 Å². The second-order valence-corrected chi connectivity index (χ2v) is 16.6. The van der Waals surface area contributed by atoms with E-state index in [-0.39, 0.29) is 12.1 Å². The van der Waals surface area contributed by atoms with Gasteiger partial charge in [0.05, 0.1) is 11.1 Å². The number of aryl methyl sites for hydroxylation is 2. The molecule has 0 saturated heterocycles. The van der Waals surface area contributed by atoms with Gasteiger partial charge in [-0.2, -0.15) is 0 Å². The molecule has 2 aliphatic heterocycles. The summed E-state index contributed by atoms with van der Waals surface area (Å²) < 4.78 is 0. The fourth-order valence-electron chi connectivity index (χ4n) is 8.95. The fourth-order valence-corrected chi connectivity index (χ4v) is 8.95. The molecule has 2 aliphatic rings. The predicted octanol–water partition coefficient (Wildman–Crippen LogP) is 10.8. The number of hydrogen-bond donors (Lipinski definition) is 4. The number of rotatable bonds is 12. The zero-order valence-corrected chi connectivity index (χ0v) is 35.1. The van der Waals surface area contributed by atoms with Gasteiger partial charge in [-0.05, 0) is 142 Å². The predicted molar refractivity (Wildman–Crippen MR) is 240 cm³/mol. The lowest BCUT2D eigenvalue weighted by Crippen LogP contribution is -2.30. The average molecular weight is 801 g/mol. The van der Waals surface area contributed by atoms with E-state index in [1.54, 1.807) is 24.5 Å². The van der Waals surface area contributed by atoms with Crippen LogP contribution in [0.3, 0.4) is 0 Å². The molecule has 0 amide bonds. The third kappa shape index (κ3) is 9.73. The molecule has 4 N–H and O–H groups in total. The van der Waals surface area contributed by atoms with Gasteiger partial charge in [0, 0.05) is 36.9 Å². The lowest BCUT2D eigenvalue weighted by atomic mass is 9.86. The van der Waals surface area contributed by atoms with E-state index in [2.05, 4.69) is 133 Å². The van der Waals surface area contributed by atoms with Crippen molar-refractivity contribution < 1.29 is 19.8 Å². The number of pyridine rings is 2. The van der Waals surface area contributed by atoms with Crippen LogP contribution in [0.5, 0.6) is 0 Å². The van der Waals surface area contributed by atoms with Crippen LogP contribution in [-0.2, 0) is 25.7 Å². The number of carboxylic acids is 2. The number of carboxylic acid groups (broad SMARTS) is 2. The summed E-state index contributed by atoms with van der Waals surface area (Å²) in [5, 5.41) is 26.1.